The molecule has 19 heavy (non-hydrogen) atoms. The average Bonchev–Trinajstić information content (AvgIpc) is 2.86. The van der Waals surface area contributed by atoms with Crippen LogP contribution in [-0.2, 0) is 0 Å². The number of nitrogens with one attached hydrogen (secondary N) is 2. The molecule has 2 aromatic rings. The number of benzene rings is 1. The van der Waals surface area contributed by atoms with E-state index in [0.29, 0.717) is 17.8 Å². The normalized spacial score (nSPS) is 12.7. The molecule has 5 heteroatoms. The molecule has 0 radical (unpaired) electrons. The highest BCUT2D eigenvalue weighted by Crippen LogP contribution is 2.22. The first kappa shape index (κ1) is 13.5. The number of anilines is 2. The van der Waals surface area contributed by atoms with Gasteiger partial charge in [0.05, 0.1) is 6.04 Å². The molecule has 0 aliphatic heterocycles. The van der Waals surface area contributed by atoms with Gasteiger partial charge in [0.2, 0.25) is 5.89 Å². The average molecular weight is 260 g/mol. The van der Waals surface area contributed by atoms with Gasteiger partial charge in [-0.25, -0.2) is 0 Å². The molecule has 5 nitrogen and oxygen atoms in total. The van der Waals surface area contributed by atoms with Gasteiger partial charge in [-0.05, 0) is 37.6 Å². The lowest BCUT2D eigenvalue weighted by atomic mass is 10.0. The molecule has 1 heterocycles. The van der Waals surface area contributed by atoms with Gasteiger partial charge in [0.1, 0.15) is 0 Å². The fraction of sp³-hybridized carbons (Fsp3) is 0.429. The Kier molecular flexibility index (Phi) is 4.16. The van der Waals surface area contributed by atoms with Crippen LogP contribution in [-0.4, -0.2) is 17.2 Å². The first-order chi connectivity index (χ1) is 9.10. The molecule has 0 spiro atoms. The highest BCUT2D eigenvalue weighted by atomic mass is 16.4. The Morgan fingerprint density at radius 3 is 2.63 bits per heavy atom. The van der Waals surface area contributed by atoms with E-state index in [9.17, 15) is 0 Å². The quantitative estimate of drug-likeness (QED) is 0.864. The van der Waals surface area contributed by atoms with Crippen LogP contribution < -0.4 is 10.6 Å². The van der Waals surface area contributed by atoms with Gasteiger partial charge >= 0.3 is 6.01 Å². The predicted octanol–water partition coefficient (Wildman–Crippen LogP) is 3.22. The van der Waals surface area contributed by atoms with Crippen molar-refractivity contribution in [2.75, 3.05) is 12.4 Å². The summed E-state index contributed by atoms with van der Waals surface area (Å²) in [5.41, 5.74) is 2.23. The van der Waals surface area contributed by atoms with Crippen LogP contribution in [0.15, 0.2) is 28.7 Å². The lowest BCUT2D eigenvalue weighted by Crippen LogP contribution is -2.12. The lowest BCUT2D eigenvalue weighted by Gasteiger charge is -2.08. The Bertz CT molecular complexity index is 536. The third-order valence-corrected chi connectivity index (χ3v) is 3.05. The summed E-state index contributed by atoms with van der Waals surface area (Å²) in [5.74, 6) is 1.06. The van der Waals surface area contributed by atoms with E-state index in [4.69, 9.17) is 4.42 Å². The maximum atomic E-state index is 5.54. The van der Waals surface area contributed by atoms with Gasteiger partial charge in [-0.1, -0.05) is 31.1 Å². The van der Waals surface area contributed by atoms with E-state index in [1.54, 1.807) is 0 Å². The van der Waals surface area contributed by atoms with E-state index < -0.39 is 0 Å². The van der Waals surface area contributed by atoms with Gasteiger partial charge in [-0.3, -0.25) is 0 Å². The summed E-state index contributed by atoms with van der Waals surface area (Å²) in [4.78, 5) is 0. The second-order valence-electron chi connectivity index (χ2n) is 4.86. The Morgan fingerprint density at radius 1 is 1.16 bits per heavy atom. The van der Waals surface area contributed by atoms with Gasteiger partial charge in [-0.15, -0.1) is 5.10 Å². The molecular weight excluding hydrogens is 240 g/mol. The Morgan fingerprint density at radius 2 is 1.95 bits per heavy atom. The summed E-state index contributed by atoms with van der Waals surface area (Å²) in [7, 11) is 1.86. The van der Waals surface area contributed by atoms with Gasteiger partial charge in [0.15, 0.2) is 0 Å². The van der Waals surface area contributed by atoms with Crippen molar-refractivity contribution in [2.45, 2.75) is 32.7 Å². The van der Waals surface area contributed by atoms with Crippen molar-refractivity contribution in [3.8, 4) is 0 Å². The third kappa shape index (κ3) is 3.32. The Balaban J connectivity index is 2.12. The Labute approximate surface area is 113 Å². The second kappa shape index (κ2) is 5.84. The predicted molar refractivity (Wildman–Crippen MR) is 75.6 cm³/mol. The van der Waals surface area contributed by atoms with Gasteiger partial charge in [0.25, 0.3) is 0 Å². The molecule has 2 N–H and O–H groups in total. The summed E-state index contributed by atoms with van der Waals surface area (Å²) in [6.07, 6.45) is 0. The summed E-state index contributed by atoms with van der Waals surface area (Å²) >= 11 is 0. The van der Waals surface area contributed by atoms with Crippen molar-refractivity contribution in [2.24, 2.45) is 0 Å². The molecule has 0 saturated carbocycles. The molecule has 0 bridgehead atoms. The lowest BCUT2D eigenvalue weighted by molar-refractivity contribution is 0.443. The smallest absolute Gasteiger partial charge is 0.320 e. The number of nitrogens with zero attached hydrogens (tertiary/aromatic N) is 2. The van der Waals surface area contributed by atoms with Crippen molar-refractivity contribution in [1.82, 2.24) is 15.5 Å². The van der Waals surface area contributed by atoms with Crippen LogP contribution >= 0.6 is 0 Å². The molecular formula is C14H20N4O. The zero-order chi connectivity index (χ0) is 13.8. The second-order valence-corrected chi connectivity index (χ2v) is 4.86. The molecule has 1 aromatic heterocycles. The standard InChI is InChI=1S/C14H20N4O/c1-9(2)11-6-5-7-12(8-11)16-14-18-17-13(19-14)10(3)15-4/h5-10,15H,1-4H3,(H,16,18). The third-order valence-electron chi connectivity index (χ3n) is 3.05. The van der Waals surface area contributed by atoms with Crippen molar-refractivity contribution in [1.29, 1.82) is 0 Å². The highest BCUT2D eigenvalue weighted by molar-refractivity contribution is 5.53. The maximum Gasteiger partial charge on any atom is 0.320 e. The van der Waals surface area contributed by atoms with Crippen LogP contribution in [0, 0.1) is 0 Å². The largest absolute Gasteiger partial charge is 0.406 e. The minimum absolute atomic E-state index is 0.0463. The first-order valence-electron chi connectivity index (χ1n) is 6.47. The zero-order valence-corrected chi connectivity index (χ0v) is 11.8. The van der Waals surface area contributed by atoms with Crippen LogP contribution in [0.5, 0.6) is 0 Å². The fourth-order valence-corrected chi connectivity index (χ4v) is 1.68. The number of aromatic nitrogens is 2. The van der Waals surface area contributed by atoms with Crippen molar-refractivity contribution < 1.29 is 4.42 Å². The molecule has 1 aromatic carbocycles. The maximum absolute atomic E-state index is 5.54. The summed E-state index contributed by atoms with van der Waals surface area (Å²) in [6.45, 7) is 6.30. The van der Waals surface area contributed by atoms with Gasteiger partial charge < -0.3 is 15.1 Å². The molecule has 0 aliphatic carbocycles. The van der Waals surface area contributed by atoms with E-state index in [1.807, 2.05) is 26.1 Å². The van der Waals surface area contributed by atoms with Crippen LogP contribution in [0.4, 0.5) is 11.7 Å². The van der Waals surface area contributed by atoms with E-state index in [-0.39, 0.29) is 6.04 Å². The Hall–Kier alpha value is -1.88. The van der Waals surface area contributed by atoms with Crippen molar-refractivity contribution >= 4 is 11.7 Å². The van der Waals surface area contributed by atoms with E-state index in [2.05, 4.69) is 46.8 Å². The summed E-state index contributed by atoms with van der Waals surface area (Å²) in [5, 5.41) is 14.2. The van der Waals surface area contributed by atoms with Crippen molar-refractivity contribution in [3.05, 3.63) is 35.7 Å². The molecule has 2 rings (SSSR count). The number of hydrogen-bond donors (Lipinski definition) is 2. The van der Waals surface area contributed by atoms with E-state index >= 15 is 0 Å². The molecule has 1 atom stereocenters. The zero-order valence-electron chi connectivity index (χ0n) is 11.8. The summed E-state index contributed by atoms with van der Waals surface area (Å²) in [6, 6.07) is 8.67. The molecule has 0 fully saturated rings. The minimum Gasteiger partial charge on any atom is -0.406 e. The fourth-order valence-electron chi connectivity index (χ4n) is 1.68. The SMILES string of the molecule is CNC(C)c1nnc(Nc2cccc(C(C)C)c2)o1. The van der Waals surface area contributed by atoms with E-state index in [0.717, 1.165) is 5.69 Å². The van der Waals surface area contributed by atoms with Gasteiger partial charge in [-0.2, -0.15) is 0 Å². The number of rotatable bonds is 5. The molecule has 0 amide bonds. The molecule has 0 saturated heterocycles. The molecule has 1 unspecified atom stereocenters. The van der Waals surface area contributed by atoms with Crippen LogP contribution in [0.2, 0.25) is 0 Å². The highest BCUT2D eigenvalue weighted by Gasteiger charge is 2.12. The molecule has 102 valence electrons. The van der Waals surface area contributed by atoms with E-state index in [1.165, 1.54) is 5.56 Å². The van der Waals surface area contributed by atoms with Crippen LogP contribution in [0.1, 0.15) is 44.2 Å². The monoisotopic (exact) mass is 260 g/mol. The molecule has 0 aliphatic rings. The van der Waals surface area contributed by atoms with Crippen LogP contribution in [0.3, 0.4) is 0 Å². The van der Waals surface area contributed by atoms with Gasteiger partial charge in [0, 0.05) is 5.69 Å². The summed E-state index contributed by atoms with van der Waals surface area (Å²) < 4.78 is 5.54. The topological polar surface area (TPSA) is 63.0 Å². The minimum atomic E-state index is 0.0463. The van der Waals surface area contributed by atoms with Crippen LogP contribution in [0.25, 0.3) is 0 Å². The first-order valence-corrected chi connectivity index (χ1v) is 6.47. The van der Waals surface area contributed by atoms with Crippen molar-refractivity contribution in [3.63, 3.8) is 0 Å². The number of hydrogen-bond acceptors (Lipinski definition) is 5.